The molecule has 0 aliphatic carbocycles. The molecule has 0 saturated carbocycles. The van der Waals surface area contributed by atoms with Gasteiger partial charge in [-0.15, -0.1) is 0 Å². The van der Waals surface area contributed by atoms with Gasteiger partial charge in [-0.1, -0.05) is 72.3 Å². The summed E-state index contributed by atoms with van der Waals surface area (Å²) in [5, 5.41) is -0.274. The minimum Gasteiger partial charge on any atom is -0.484 e. The van der Waals surface area contributed by atoms with Gasteiger partial charge in [0.25, 0.3) is 5.91 Å². The summed E-state index contributed by atoms with van der Waals surface area (Å²) in [6.45, 7) is 0.351. The van der Waals surface area contributed by atoms with Crippen LogP contribution in [-0.2, 0) is 14.6 Å². The number of carbonyl (C=O) groups is 1. The summed E-state index contributed by atoms with van der Waals surface area (Å²) in [4.78, 5) is 14.3. The fourth-order valence-electron chi connectivity index (χ4n) is 3.89. The average molecular weight is 470 g/mol. The van der Waals surface area contributed by atoms with Crippen molar-refractivity contribution in [3.05, 3.63) is 89.4 Å². The van der Waals surface area contributed by atoms with E-state index in [1.807, 2.05) is 54.6 Å². The van der Waals surface area contributed by atoms with E-state index in [-0.39, 0.29) is 24.8 Å². The Morgan fingerprint density at radius 3 is 2.28 bits per heavy atom. The van der Waals surface area contributed by atoms with Gasteiger partial charge < -0.3 is 9.64 Å². The average Bonchev–Trinajstić information content (AvgIpc) is 2.97. The van der Waals surface area contributed by atoms with Gasteiger partial charge in [-0.3, -0.25) is 4.79 Å². The molecule has 0 bridgehead atoms. The molecule has 0 spiro atoms. The second-order valence-electron chi connectivity index (χ2n) is 7.73. The molecule has 1 amide bonds. The van der Waals surface area contributed by atoms with Gasteiger partial charge in [0.05, 0.1) is 11.0 Å². The lowest BCUT2D eigenvalue weighted by Gasteiger charge is -2.20. The maximum atomic E-state index is 12.8. The van der Waals surface area contributed by atoms with Crippen molar-refractivity contribution in [1.82, 2.24) is 4.90 Å². The molecule has 4 rings (SSSR count). The van der Waals surface area contributed by atoms with Gasteiger partial charge in [-0.2, -0.15) is 0 Å². The lowest BCUT2D eigenvalue weighted by Crippen LogP contribution is -2.37. The zero-order valence-electron chi connectivity index (χ0n) is 17.5. The van der Waals surface area contributed by atoms with Gasteiger partial charge in [-0.05, 0) is 41.3 Å². The van der Waals surface area contributed by atoms with Crippen molar-refractivity contribution in [2.24, 2.45) is 0 Å². The predicted molar refractivity (Wildman–Crippen MR) is 127 cm³/mol. The van der Waals surface area contributed by atoms with E-state index in [1.165, 1.54) is 0 Å². The van der Waals surface area contributed by atoms with Crippen LogP contribution < -0.4 is 4.74 Å². The first-order valence-electron chi connectivity index (χ1n) is 10.5. The Morgan fingerprint density at radius 1 is 0.906 bits per heavy atom. The second-order valence-corrected chi connectivity index (χ2v) is 10.4. The first-order valence-corrected chi connectivity index (χ1v) is 12.6. The van der Waals surface area contributed by atoms with Crippen LogP contribution in [0.25, 0.3) is 11.1 Å². The van der Waals surface area contributed by atoms with Crippen molar-refractivity contribution in [3.8, 4) is 16.9 Å². The van der Waals surface area contributed by atoms with Crippen molar-refractivity contribution >= 4 is 27.3 Å². The van der Waals surface area contributed by atoms with Crippen molar-refractivity contribution in [2.45, 2.75) is 11.7 Å². The van der Waals surface area contributed by atoms with Crippen LogP contribution in [0.1, 0.15) is 17.2 Å². The molecule has 5 nitrogen and oxygen atoms in total. The van der Waals surface area contributed by atoms with Gasteiger partial charge in [0.15, 0.2) is 16.4 Å². The highest BCUT2D eigenvalue weighted by molar-refractivity contribution is 7.91. The van der Waals surface area contributed by atoms with Crippen LogP contribution in [0.4, 0.5) is 0 Å². The summed E-state index contributed by atoms with van der Waals surface area (Å²) in [6, 6.07) is 24.5. The minimum atomic E-state index is -3.42. The fourth-order valence-corrected chi connectivity index (χ4v) is 6.04. The molecule has 166 valence electrons. The molecule has 1 heterocycles. The molecular weight excluding hydrogens is 446 g/mol. The summed E-state index contributed by atoms with van der Waals surface area (Å²) in [7, 11) is -3.42. The highest BCUT2D eigenvalue weighted by Gasteiger charge is 2.33. The molecular formula is C25H24ClNO4S. The summed E-state index contributed by atoms with van der Waals surface area (Å²) in [5.74, 6) is 0.266. The number of benzene rings is 3. The van der Waals surface area contributed by atoms with E-state index in [0.717, 1.165) is 11.1 Å². The summed E-state index contributed by atoms with van der Waals surface area (Å²) in [6.07, 6.45) is 0.309. The zero-order chi connectivity index (χ0) is 22.6. The highest BCUT2D eigenvalue weighted by atomic mass is 35.5. The lowest BCUT2D eigenvalue weighted by molar-refractivity contribution is -0.133. The van der Waals surface area contributed by atoms with Crippen LogP contribution in [0.5, 0.6) is 5.75 Å². The monoisotopic (exact) mass is 469 g/mol. The van der Waals surface area contributed by atoms with Gasteiger partial charge in [0.2, 0.25) is 0 Å². The largest absolute Gasteiger partial charge is 0.484 e. The van der Waals surface area contributed by atoms with Crippen molar-refractivity contribution < 1.29 is 17.9 Å². The first kappa shape index (κ1) is 22.4. The Bertz CT molecular complexity index is 1180. The van der Waals surface area contributed by atoms with Crippen LogP contribution in [0.3, 0.4) is 0 Å². The lowest BCUT2D eigenvalue weighted by atomic mass is 10.1. The molecule has 1 saturated heterocycles. The van der Waals surface area contributed by atoms with E-state index in [0.29, 0.717) is 29.3 Å². The number of ether oxygens (including phenoxy) is 1. The molecule has 0 aromatic heterocycles. The van der Waals surface area contributed by atoms with Crippen LogP contribution in [-0.4, -0.2) is 44.7 Å². The van der Waals surface area contributed by atoms with Gasteiger partial charge in [0, 0.05) is 18.1 Å². The second kappa shape index (κ2) is 9.76. The molecule has 1 aliphatic heterocycles. The third-order valence-corrected chi connectivity index (χ3v) is 8.12. The topological polar surface area (TPSA) is 63.7 Å². The van der Waals surface area contributed by atoms with E-state index >= 15 is 0 Å². The number of halogens is 1. The molecule has 0 N–H and O–H groups in total. The third-order valence-electron chi connectivity index (χ3n) is 5.67. The number of hydrogen-bond donors (Lipinski definition) is 0. The normalized spacial score (nSPS) is 18.0. The predicted octanol–water partition coefficient (Wildman–Crippen LogP) is 4.77. The van der Waals surface area contributed by atoms with Gasteiger partial charge >= 0.3 is 0 Å². The summed E-state index contributed by atoms with van der Waals surface area (Å²) >= 11 is 6.24. The number of amides is 1. The molecule has 3 aromatic carbocycles. The van der Waals surface area contributed by atoms with E-state index in [9.17, 15) is 13.2 Å². The molecule has 7 heteroatoms. The SMILES string of the molecule is O=C(COc1ccc(-c2ccccc2)cc1)N1CCC(c2ccccc2Cl)S(=O)(=O)CC1. The van der Waals surface area contributed by atoms with E-state index < -0.39 is 15.1 Å². The Labute approximate surface area is 193 Å². The molecule has 1 unspecified atom stereocenters. The maximum Gasteiger partial charge on any atom is 0.260 e. The standard InChI is InChI=1S/C25H24ClNO4S/c26-23-9-5-4-8-22(23)24-14-15-27(16-17-32(24,29)30)25(28)18-31-21-12-10-20(11-13-21)19-6-2-1-3-7-19/h1-13,24H,14-18H2. The number of sulfone groups is 1. The number of carbonyl (C=O) groups excluding carboxylic acids is 1. The van der Waals surface area contributed by atoms with Crippen LogP contribution in [0, 0.1) is 0 Å². The third kappa shape index (κ3) is 5.14. The van der Waals surface area contributed by atoms with Crippen LogP contribution >= 0.6 is 11.6 Å². The summed E-state index contributed by atoms with van der Waals surface area (Å²) < 4.78 is 31.3. The quantitative estimate of drug-likeness (QED) is 0.539. The van der Waals surface area contributed by atoms with Crippen molar-refractivity contribution in [1.29, 1.82) is 0 Å². The maximum absolute atomic E-state index is 12.8. The van der Waals surface area contributed by atoms with E-state index in [1.54, 1.807) is 29.2 Å². The Balaban J connectivity index is 1.37. The van der Waals surface area contributed by atoms with Gasteiger partial charge in [0.1, 0.15) is 5.75 Å². The first-order chi connectivity index (χ1) is 15.4. The molecule has 0 radical (unpaired) electrons. The summed E-state index contributed by atoms with van der Waals surface area (Å²) in [5.41, 5.74) is 2.76. The fraction of sp³-hybridized carbons (Fsp3) is 0.240. The van der Waals surface area contributed by atoms with Crippen molar-refractivity contribution in [2.75, 3.05) is 25.4 Å². The molecule has 3 aromatic rings. The molecule has 1 atom stereocenters. The Morgan fingerprint density at radius 2 is 1.56 bits per heavy atom. The zero-order valence-corrected chi connectivity index (χ0v) is 19.1. The highest BCUT2D eigenvalue weighted by Crippen LogP contribution is 2.33. The number of nitrogens with zero attached hydrogens (tertiary/aromatic N) is 1. The molecule has 1 aliphatic rings. The smallest absolute Gasteiger partial charge is 0.260 e. The Hall–Kier alpha value is -2.83. The van der Waals surface area contributed by atoms with E-state index in [4.69, 9.17) is 16.3 Å². The number of rotatable bonds is 5. The number of hydrogen-bond acceptors (Lipinski definition) is 4. The van der Waals surface area contributed by atoms with Crippen LogP contribution in [0.2, 0.25) is 5.02 Å². The van der Waals surface area contributed by atoms with E-state index in [2.05, 4.69) is 0 Å². The van der Waals surface area contributed by atoms with Gasteiger partial charge in [-0.25, -0.2) is 8.42 Å². The Kier molecular flexibility index (Phi) is 6.82. The van der Waals surface area contributed by atoms with Crippen LogP contribution in [0.15, 0.2) is 78.9 Å². The minimum absolute atomic E-state index is 0.0968. The van der Waals surface area contributed by atoms with Crippen molar-refractivity contribution in [3.63, 3.8) is 0 Å². The molecule has 32 heavy (non-hydrogen) atoms. The molecule has 1 fully saturated rings.